The summed E-state index contributed by atoms with van der Waals surface area (Å²) in [4.78, 5) is 4.62. The number of hydrogen-bond donors (Lipinski definition) is 1. The van der Waals surface area contributed by atoms with E-state index in [0.29, 0.717) is 0 Å². The molecule has 0 amide bonds. The lowest BCUT2D eigenvalue weighted by molar-refractivity contribution is 0.814. The van der Waals surface area contributed by atoms with Crippen LogP contribution in [-0.2, 0) is 6.54 Å². The van der Waals surface area contributed by atoms with Gasteiger partial charge in [0.25, 0.3) is 0 Å². The van der Waals surface area contributed by atoms with Crippen LogP contribution in [0.1, 0.15) is 22.4 Å². The maximum absolute atomic E-state index is 4.69. The van der Waals surface area contributed by atoms with E-state index in [1.807, 2.05) is 24.9 Å². The predicted molar refractivity (Wildman–Crippen MR) is 85.8 cm³/mol. The van der Waals surface area contributed by atoms with Crippen molar-refractivity contribution in [2.75, 3.05) is 7.05 Å². The molecule has 1 N–H and O–H groups in total. The van der Waals surface area contributed by atoms with Crippen molar-refractivity contribution in [2.24, 2.45) is 0 Å². The molecule has 21 heavy (non-hydrogen) atoms. The van der Waals surface area contributed by atoms with Crippen LogP contribution in [0.5, 0.6) is 0 Å². The molecule has 108 valence electrons. The van der Waals surface area contributed by atoms with Crippen LogP contribution < -0.4 is 5.32 Å². The average Bonchev–Trinajstić information content (AvgIpc) is 2.76. The van der Waals surface area contributed by atoms with Gasteiger partial charge in [-0.15, -0.1) is 0 Å². The Morgan fingerprint density at radius 1 is 1.14 bits per heavy atom. The van der Waals surface area contributed by atoms with Gasteiger partial charge >= 0.3 is 0 Å². The number of pyridine rings is 1. The Morgan fingerprint density at radius 2 is 1.95 bits per heavy atom. The minimum Gasteiger partial charge on any atom is -0.316 e. The van der Waals surface area contributed by atoms with Gasteiger partial charge in [0, 0.05) is 18.1 Å². The summed E-state index contributed by atoms with van der Waals surface area (Å²) >= 11 is 0. The van der Waals surface area contributed by atoms with Gasteiger partial charge in [-0.05, 0) is 51.1 Å². The molecule has 0 radical (unpaired) electrons. The molecule has 4 nitrogen and oxygen atoms in total. The topological polar surface area (TPSA) is 42.7 Å². The molecule has 0 aliphatic carbocycles. The van der Waals surface area contributed by atoms with Crippen LogP contribution in [0.2, 0.25) is 0 Å². The van der Waals surface area contributed by atoms with Crippen LogP contribution in [0.4, 0.5) is 0 Å². The number of benzene rings is 1. The van der Waals surface area contributed by atoms with Crippen LogP contribution in [-0.4, -0.2) is 21.8 Å². The van der Waals surface area contributed by atoms with Crippen molar-refractivity contribution in [3.63, 3.8) is 0 Å². The van der Waals surface area contributed by atoms with E-state index in [1.54, 1.807) is 0 Å². The number of hydrogen-bond acceptors (Lipinski definition) is 3. The second-order valence-electron chi connectivity index (χ2n) is 5.53. The molecule has 0 unspecified atom stereocenters. The Bertz CT molecular complexity index is 802. The Hall–Kier alpha value is -2.20. The van der Waals surface area contributed by atoms with Gasteiger partial charge < -0.3 is 5.32 Å². The number of aryl methyl sites for hydroxylation is 3. The van der Waals surface area contributed by atoms with Gasteiger partial charge in [0.2, 0.25) is 0 Å². The molecule has 3 aromatic rings. The monoisotopic (exact) mass is 280 g/mol. The first-order valence-corrected chi connectivity index (χ1v) is 7.16. The van der Waals surface area contributed by atoms with Crippen molar-refractivity contribution in [2.45, 2.75) is 27.3 Å². The molecule has 1 aromatic carbocycles. The zero-order valence-corrected chi connectivity index (χ0v) is 12.9. The highest BCUT2D eigenvalue weighted by Crippen LogP contribution is 2.23. The lowest BCUT2D eigenvalue weighted by Crippen LogP contribution is -2.05. The fourth-order valence-corrected chi connectivity index (χ4v) is 2.70. The van der Waals surface area contributed by atoms with E-state index >= 15 is 0 Å². The molecule has 0 atom stereocenters. The molecule has 0 aliphatic rings. The molecule has 0 aliphatic heterocycles. The maximum Gasteiger partial charge on any atom is 0.163 e. The molecule has 4 heteroatoms. The number of fused-ring (bicyclic) bond motifs is 1. The van der Waals surface area contributed by atoms with E-state index in [-0.39, 0.29) is 0 Å². The first-order chi connectivity index (χ1) is 10.1. The maximum atomic E-state index is 4.69. The van der Waals surface area contributed by atoms with E-state index in [4.69, 9.17) is 0 Å². The van der Waals surface area contributed by atoms with Gasteiger partial charge in [-0.25, -0.2) is 9.67 Å². The van der Waals surface area contributed by atoms with E-state index in [2.05, 4.69) is 53.5 Å². The minimum atomic E-state index is 0.817. The summed E-state index contributed by atoms with van der Waals surface area (Å²) in [5.41, 5.74) is 6.66. The van der Waals surface area contributed by atoms with Crippen molar-refractivity contribution in [3.05, 3.63) is 52.8 Å². The molecule has 2 heterocycles. The van der Waals surface area contributed by atoms with Crippen molar-refractivity contribution in [1.29, 1.82) is 0 Å². The summed E-state index contributed by atoms with van der Waals surface area (Å²) in [5, 5.41) is 8.95. The Labute approximate surface area is 124 Å². The SMILES string of the molecule is CNCc1cnc2c(c1)c(C)nn2-c1ccc(C)cc1C. The second-order valence-corrected chi connectivity index (χ2v) is 5.53. The van der Waals surface area contributed by atoms with Crippen molar-refractivity contribution < 1.29 is 0 Å². The zero-order chi connectivity index (χ0) is 15.0. The molecule has 0 spiro atoms. The summed E-state index contributed by atoms with van der Waals surface area (Å²) in [7, 11) is 1.94. The number of nitrogens with one attached hydrogen (secondary N) is 1. The van der Waals surface area contributed by atoms with Gasteiger partial charge in [0.05, 0.1) is 11.4 Å². The summed E-state index contributed by atoms with van der Waals surface area (Å²) in [5.74, 6) is 0. The fraction of sp³-hybridized carbons (Fsp3) is 0.294. The highest BCUT2D eigenvalue weighted by Gasteiger charge is 2.12. The quantitative estimate of drug-likeness (QED) is 0.802. The zero-order valence-electron chi connectivity index (χ0n) is 12.9. The van der Waals surface area contributed by atoms with Gasteiger partial charge in [0.1, 0.15) is 0 Å². The number of rotatable bonds is 3. The molecule has 0 bridgehead atoms. The summed E-state index contributed by atoms with van der Waals surface area (Å²) in [6.45, 7) is 7.07. The van der Waals surface area contributed by atoms with Crippen molar-refractivity contribution in [3.8, 4) is 5.69 Å². The summed E-state index contributed by atoms with van der Waals surface area (Å²) in [6, 6.07) is 8.56. The number of nitrogens with zero attached hydrogens (tertiary/aromatic N) is 3. The standard InChI is InChI=1S/C17H20N4/c1-11-5-6-16(12(2)7-11)21-17-15(13(3)20-21)8-14(9-18-4)10-19-17/h5-8,10,18H,9H2,1-4H3. The van der Waals surface area contributed by atoms with Gasteiger partial charge in [0.15, 0.2) is 5.65 Å². The van der Waals surface area contributed by atoms with Crippen LogP contribution in [0.25, 0.3) is 16.7 Å². The van der Waals surface area contributed by atoms with Crippen LogP contribution in [0.3, 0.4) is 0 Å². The van der Waals surface area contributed by atoms with Crippen LogP contribution in [0.15, 0.2) is 30.5 Å². The molecular formula is C17H20N4. The summed E-state index contributed by atoms with van der Waals surface area (Å²) in [6.07, 6.45) is 1.92. The number of aromatic nitrogens is 3. The van der Waals surface area contributed by atoms with Gasteiger partial charge in [-0.3, -0.25) is 0 Å². The van der Waals surface area contributed by atoms with E-state index < -0.39 is 0 Å². The van der Waals surface area contributed by atoms with Crippen molar-refractivity contribution >= 4 is 11.0 Å². The van der Waals surface area contributed by atoms with Gasteiger partial charge in [-0.2, -0.15) is 5.10 Å². The Balaban J connectivity index is 2.19. The average molecular weight is 280 g/mol. The minimum absolute atomic E-state index is 0.817. The Kier molecular flexibility index (Phi) is 3.47. The normalized spacial score (nSPS) is 11.2. The second kappa shape index (κ2) is 5.30. The van der Waals surface area contributed by atoms with E-state index in [1.165, 1.54) is 16.7 Å². The molecule has 0 fully saturated rings. The highest BCUT2D eigenvalue weighted by molar-refractivity contribution is 5.80. The Morgan fingerprint density at radius 3 is 2.67 bits per heavy atom. The highest BCUT2D eigenvalue weighted by atomic mass is 15.3. The lowest BCUT2D eigenvalue weighted by Gasteiger charge is -2.08. The third-order valence-corrected chi connectivity index (χ3v) is 3.73. The molecular weight excluding hydrogens is 260 g/mol. The summed E-state index contributed by atoms with van der Waals surface area (Å²) < 4.78 is 1.95. The first kappa shape index (κ1) is 13.8. The van der Waals surface area contributed by atoms with Crippen LogP contribution in [0, 0.1) is 20.8 Å². The van der Waals surface area contributed by atoms with Gasteiger partial charge in [-0.1, -0.05) is 17.7 Å². The largest absolute Gasteiger partial charge is 0.316 e. The molecule has 0 saturated heterocycles. The smallest absolute Gasteiger partial charge is 0.163 e. The third kappa shape index (κ3) is 2.43. The van der Waals surface area contributed by atoms with E-state index in [0.717, 1.165) is 29.0 Å². The molecule has 2 aromatic heterocycles. The molecule has 0 saturated carbocycles. The third-order valence-electron chi connectivity index (χ3n) is 3.73. The fourth-order valence-electron chi connectivity index (χ4n) is 2.70. The van der Waals surface area contributed by atoms with Crippen LogP contribution >= 0.6 is 0 Å². The van der Waals surface area contributed by atoms with Crippen molar-refractivity contribution in [1.82, 2.24) is 20.1 Å². The first-order valence-electron chi connectivity index (χ1n) is 7.16. The predicted octanol–water partition coefficient (Wildman–Crippen LogP) is 3.07. The molecule has 3 rings (SSSR count). The van der Waals surface area contributed by atoms with E-state index in [9.17, 15) is 0 Å². The lowest BCUT2D eigenvalue weighted by atomic mass is 10.1.